The molecule has 0 aliphatic carbocycles. The number of rotatable bonds is 8. The van der Waals surface area contributed by atoms with Crippen LogP contribution in [0.5, 0.6) is 0 Å². The number of nitrogens with zero attached hydrogens (tertiary/aromatic N) is 1. The van der Waals surface area contributed by atoms with E-state index in [4.69, 9.17) is 4.74 Å². The number of hydrogen-bond acceptors (Lipinski definition) is 2. The molecular formula is C27H37NO2. The fourth-order valence-electron chi connectivity index (χ4n) is 4.72. The molecule has 1 saturated heterocycles. The summed E-state index contributed by atoms with van der Waals surface area (Å²) in [7, 11) is 0. The summed E-state index contributed by atoms with van der Waals surface area (Å²) in [6.45, 7) is 10.8. The minimum atomic E-state index is -0.0746. The molecule has 0 aromatic heterocycles. The monoisotopic (exact) mass is 407 g/mol. The van der Waals surface area contributed by atoms with Crippen LogP contribution in [0.15, 0.2) is 54.6 Å². The van der Waals surface area contributed by atoms with E-state index in [1.165, 1.54) is 16.7 Å². The van der Waals surface area contributed by atoms with Crippen LogP contribution in [0.2, 0.25) is 0 Å². The Hall–Kier alpha value is -2.13. The highest BCUT2D eigenvalue weighted by molar-refractivity contribution is 5.75. The molecule has 1 aliphatic heterocycles. The van der Waals surface area contributed by atoms with E-state index < -0.39 is 0 Å². The minimum Gasteiger partial charge on any atom is -0.376 e. The first-order valence-electron chi connectivity index (χ1n) is 11.4. The molecular weight excluding hydrogens is 370 g/mol. The first-order valence-corrected chi connectivity index (χ1v) is 11.4. The largest absolute Gasteiger partial charge is 0.376 e. The van der Waals surface area contributed by atoms with Crippen molar-refractivity contribution in [3.8, 4) is 0 Å². The van der Waals surface area contributed by atoms with Crippen molar-refractivity contribution in [3.63, 3.8) is 0 Å². The van der Waals surface area contributed by atoms with Crippen LogP contribution in [-0.4, -0.2) is 29.6 Å². The van der Waals surface area contributed by atoms with Crippen LogP contribution in [0.25, 0.3) is 0 Å². The molecule has 2 atom stereocenters. The van der Waals surface area contributed by atoms with Crippen molar-refractivity contribution in [3.05, 3.63) is 71.3 Å². The molecule has 1 heterocycles. The van der Waals surface area contributed by atoms with Crippen LogP contribution in [0.1, 0.15) is 69.1 Å². The van der Waals surface area contributed by atoms with E-state index in [9.17, 15) is 4.79 Å². The van der Waals surface area contributed by atoms with Gasteiger partial charge < -0.3 is 9.64 Å². The van der Waals surface area contributed by atoms with Gasteiger partial charge >= 0.3 is 0 Å². The highest BCUT2D eigenvalue weighted by Crippen LogP contribution is 2.40. The van der Waals surface area contributed by atoms with Gasteiger partial charge in [-0.3, -0.25) is 4.79 Å². The van der Waals surface area contributed by atoms with Gasteiger partial charge in [0.15, 0.2) is 0 Å². The van der Waals surface area contributed by atoms with Crippen molar-refractivity contribution in [2.45, 2.75) is 71.4 Å². The lowest BCUT2D eigenvalue weighted by Crippen LogP contribution is -2.38. The van der Waals surface area contributed by atoms with Crippen LogP contribution >= 0.6 is 0 Å². The molecule has 162 valence electrons. The second kappa shape index (κ2) is 10.3. The van der Waals surface area contributed by atoms with Gasteiger partial charge in [-0.1, -0.05) is 67.1 Å². The van der Waals surface area contributed by atoms with E-state index in [-0.39, 0.29) is 11.5 Å². The van der Waals surface area contributed by atoms with Crippen molar-refractivity contribution >= 4 is 5.91 Å². The Morgan fingerprint density at radius 3 is 2.47 bits per heavy atom. The Bertz CT molecular complexity index is 797. The molecule has 0 radical (unpaired) electrons. The van der Waals surface area contributed by atoms with Crippen molar-refractivity contribution in [1.82, 2.24) is 4.90 Å². The molecule has 0 spiro atoms. The zero-order valence-corrected chi connectivity index (χ0v) is 19.1. The maximum absolute atomic E-state index is 12.7. The molecule has 1 aliphatic rings. The quantitative estimate of drug-likeness (QED) is 0.528. The molecule has 3 heteroatoms. The van der Waals surface area contributed by atoms with Crippen LogP contribution < -0.4 is 0 Å². The summed E-state index contributed by atoms with van der Waals surface area (Å²) in [6, 6.07) is 19.3. The number of ether oxygens (including phenoxy) is 1. The first kappa shape index (κ1) is 22.6. The van der Waals surface area contributed by atoms with Gasteiger partial charge in [0.25, 0.3) is 0 Å². The summed E-state index contributed by atoms with van der Waals surface area (Å²) in [5, 5.41) is 0. The lowest BCUT2D eigenvalue weighted by molar-refractivity contribution is -0.131. The fraction of sp³-hybridized carbons (Fsp3) is 0.519. The summed E-state index contributed by atoms with van der Waals surface area (Å²) in [4.78, 5) is 14.7. The molecule has 0 N–H and O–H groups in total. The smallest absolute Gasteiger partial charge is 0.222 e. The zero-order valence-electron chi connectivity index (χ0n) is 19.1. The Kier molecular flexibility index (Phi) is 7.71. The number of amides is 1. The average Bonchev–Trinajstić information content (AvgIpc) is 2.74. The van der Waals surface area contributed by atoms with E-state index in [1.54, 1.807) is 0 Å². The summed E-state index contributed by atoms with van der Waals surface area (Å²) < 4.78 is 6.00. The molecule has 1 amide bonds. The molecule has 3 nitrogen and oxygen atoms in total. The fourth-order valence-corrected chi connectivity index (χ4v) is 4.72. The van der Waals surface area contributed by atoms with Crippen molar-refractivity contribution in [1.29, 1.82) is 0 Å². The predicted octanol–water partition coefficient (Wildman–Crippen LogP) is 6.11. The first-order chi connectivity index (χ1) is 14.4. The zero-order chi connectivity index (χ0) is 21.6. The molecule has 0 saturated carbocycles. The molecule has 0 unspecified atom stereocenters. The Morgan fingerprint density at radius 2 is 1.83 bits per heavy atom. The van der Waals surface area contributed by atoms with Gasteiger partial charge in [0.1, 0.15) is 0 Å². The van der Waals surface area contributed by atoms with Gasteiger partial charge in [-0.25, -0.2) is 0 Å². The van der Waals surface area contributed by atoms with Crippen LogP contribution in [0, 0.1) is 12.8 Å². The number of aryl methyl sites for hydroxylation is 1. The highest BCUT2D eigenvalue weighted by Gasteiger charge is 2.34. The maximum atomic E-state index is 12.7. The number of hydrogen-bond donors (Lipinski definition) is 0. The molecule has 0 bridgehead atoms. The van der Waals surface area contributed by atoms with E-state index >= 15 is 0 Å². The van der Waals surface area contributed by atoms with Gasteiger partial charge in [0.2, 0.25) is 5.91 Å². The number of carbonyl (C=O) groups excluding carboxylic acids is 1. The molecule has 3 rings (SSSR count). The third kappa shape index (κ3) is 6.18. The minimum absolute atomic E-state index is 0.0746. The van der Waals surface area contributed by atoms with E-state index in [0.29, 0.717) is 24.8 Å². The van der Waals surface area contributed by atoms with Crippen molar-refractivity contribution in [2.75, 3.05) is 13.2 Å². The summed E-state index contributed by atoms with van der Waals surface area (Å²) in [5.74, 6) is 1.25. The number of benzene rings is 2. The normalized spacial score (nSPS) is 19.3. The Labute approximate surface area is 182 Å². The van der Waals surface area contributed by atoms with Crippen molar-refractivity contribution in [2.24, 2.45) is 5.92 Å². The lowest BCUT2D eigenvalue weighted by atomic mass is 9.75. The standard InChI is InChI=1S/C27H37NO2/c1-5-26(29)28(20-22-9-7-6-8-10-22)17-15-25(23-13-11-21(2)12-14-23)24-16-18-30-27(3,4)19-24/h6-14,24-25H,5,15-20H2,1-4H3/t24-,25-/m1/s1. The molecule has 30 heavy (non-hydrogen) atoms. The van der Waals surface area contributed by atoms with E-state index in [0.717, 1.165) is 32.4 Å². The van der Waals surface area contributed by atoms with Crippen LogP contribution in [0.3, 0.4) is 0 Å². The van der Waals surface area contributed by atoms with Gasteiger partial charge in [-0.15, -0.1) is 0 Å². The predicted molar refractivity (Wildman–Crippen MR) is 123 cm³/mol. The van der Waals surface area contributed by atoms with Gasteiger partial charge in [0, 0.05) is 26.1 Å². The lowest BCUT2D eigenvalue weighted by Gasteiger charge is -2.40. The SMILES string of the molecule is CCC(=O)N(CC[C@H](c1ccc(C)cc1)[C@@H]1CCOC(C)(C)C1)Cc1ccccc1. The van der Waals surface area contributed by atoms with Crippen molar-refractivity contribution < 1.29 is 9.53 Å². The average molecular weight is 408 g/mol. The van der Waals surface area contributed by atoms with Crippen LogP contribution in [-0.2, 0) is 16.1 Å². The topological polar surface area (TPSA) is 29.5 Å². The highest BCUT2D eigenvalue weighted by atomic mass is 16.5. The Balaban J connectivity index is 1.78. The second-order valence-electron chi connectivity index (χ2n) is 9.32. The third-order valence-corrected chi connectivity index (χ3v) is 6.39. The third-order valence-electron chi connectivity index (χ3n) is 6.39. The summed E-state index contributed by atoms with van der Waals surface area (Å²) in [5.41, 5.74) is 3.80. The molecule has 2 aromatic carbocycles. The number of carbonyl (C=O) groups is 1. The molecule has 1 fully saturated rings. The molecule has 2 aromatic rings. The second-order valence-corrected chi connectivity index (χ2v) is 9.32. The van der Waals surface area contributed by atoms with E-state index in [2.05, 4.69) is 57.2 Å². The van der Waals surface area contributed by atoms with Gasteiger partial charge in [-0.2, -0.15) is 0 Å². The van der Waals surface area contributed by atoms with Gasteiger partial charge in [-0.05, 0) is 63.0 Å². The van der Waals surface area contributed by atoms with E-state index in [1.807, 2.05) is 30.0 Å². The van der Waals surface area contributed by atoms with Crippen LogP contribution in [0.4, 0.5) is 0 Å². The summed E-state index contributed by atoms with van der Waals surface area (Å²) in [6.07, 6.45) is 3.68. The Morgan fingerprint density at radius 1 is 1.13 bits per heavy atom. The van der Waals surface area contributed by atoms with Gasteiger partial charge in [0.05, 0.1) is 5.60 Å². The summed E-state index contributed by atoms with van der Waals surface area (Å²) >= 11 is 0. The maximum Gasteiger partial charge on any atom is 0.222 e.